The van der Waals surface area contributed by atoms with Crippen LogP contribution in [0.25, 0.3) is 0 Å². The van der Waals surface area contributed by atoms with Crippen LogP contribution in [0.3, 0.4) is 0 Å². The molecule has 12 heteroatoms. The second-order valence-corrected chi connectivity index (χ2v) is 10.5. The van der Waals surface area contributed by atoms with Crippen molar-refractivity contribution in [3.8, 4) is 6.07 Å². The van der Waals surface area contributed by atoms with Gasteiger partial charge in [0, 0.05) is 11.9 Å². The number of hydrogen-bond donors (Lipinski definition) is 2. The van der Waals surface area contributed by atoms with Crippen LogP contribution in [0.4, 0.5) is 23.7 Å². The normalized spacial score (nSPS) is 20.2. The number of hydrogen-bond acceptors (Lipinski definition) is 6. The van der Waals surface area contributed by atoms with E-state index in [0.717, 1.165) is 25.3 Å². The Hall–Kier alpha value is -3.17. The van der Waals surface area contributed by atoms with Gasteiger partial charge in [-0.05, 0) is 64.2 Å². The van der Waals surface area contributed by atoms with E-state index in [9.17, 15) is 23.2 Å². The van der Waals surface area contributed by atoms with Gasteiger partial charge in [0.25, 0.3) is 0 Å². The number of aromatic nitrogens is 2. The Labute approximate surface area is 214 Å². The summed E-state index contributed by atoms with van der Waals surface area (Å²) in [6, 6.07) is 6.41. The van der Waals surface area contributed by atoms with Gasteiger partial charge < -0.3 is 19.9 Å². The molecule has 196 valence electrons. The number of carbonyl (C=O) groups excluding carboxylic acids is 1. The minimum Gasteiger partial charge on any atom is -0.399 e. The minimum absolute atomic E-state index is 0.0160. The van der Waals surface area contributed by atoms with E-state index in [4.69, 9.17) is 9.31 Å². The van der Waals surface area contributed by atoms with Crippen molar-refractivity contribution in [1.29, 1.82) is 5.26 Å². The number of urea groups is 1. The maximum Gasteiger partial charge on any atom is 0.495 e. The van der Waals surface area contributed by atoms with Gasteiger partial charge in [0.2, 0.25) is 5.82 Å². The molecule has 4 rings (SSSR count). The molecule has 0 radical (unpaired) electrons. The Kier molecular flexibility index (Phi) is 6.99. The maximum atomic E-state index is 14.1. The number of anilines is 1. The Morgan fingerprint density at radius 2 is 1.73 bits per heavy atom. The molecule has 1 aromatic carbocycles. The maximum absolute atomic E-state index is 14.1. The topological polar surface area (TPSA) is 109 Å². The van der Waals surface area contributed by atoms with E-state index in [1.165, 1.54) is 18.3 Å². The van der Waals surface area contributed by atoms with Gasteiger partial charge in [-0.3, -0.25) is 0 Å². The fourth-order valence-corrected chi connectivity index (χ4v) is 4.71. The van der Waals surface area contributed by atoms with E-state index in [0.29, 0.717) is 18.5 Å². The molecule has 0 unspecified atom stereocenters. The fourth-order valence-electron chi connectivity index (χ4n) is 4.71. The molecule has 0 bridgehead atoms. The summed E-state index contributed by atoms with van der Waals surface area (Å²) in [5, 5.41) is 14.6. The van der Waals surface area contributed by atoms with E-state index in [-0.39, 0.29) is 17.0 Å². The molecule has 1 aromatic heterocycles. The van der Waals surface area contributed by atoms with E-state index < -0.39 is 41.6 Å². The summed E-state index contributed by atoms with van der Waals surface area (Å²) in [5.74, 6) is -0.0160. The molecular formula is C25H29BF3N5O3. The molecule has 37 heavy (non-hydrogen) atoms. The Morgan fingerprint density at radius 1 is 1.08 bits per heavy atom. The molecule has 1 saturated heterocycles. The van der Waals surface area contributed by atoms with Gasteiger partial charge in [-0.2, -0.15) is 18.4 Å². The van der Waals surface area contributed by atoms with Gasteiger partial charge in [0.05, 0.1) is 28.0 Å². The lowest BCUT2D eigenvalue weighted by Gasteiger charge is -2.37. The summed E-state index contributed by atoms with van der Waals surface area (Å²) in [7, 11) is -1.21. The standard InChI is InChI=1S/C25H29BF3N5O3/c1-22(2)23(3,4)37-26(36-22)18-9-8-16(14-17(18)25(27,28)29)32-21(35)34-24(11-6-5-7-12-24)19-10-13-31-20(15-30)33-19/h8-10,13-14H,5-7,11-12H2,1-4H3,(H2,32,34,35). The number of amides is 2. The van der Waals surface area contributed by atoms with Crippen LogP contribution < -0.4 is 16.1 Å². The molecule has 2 fully saturated rings. The van der Waals surface area contributed by atoms with Crippen molar-refractivity contribution in [3.63, 3.8) is 0 Å². The van der Waals surface area contributed by atoms with E-state index in [1.54, 1.807) is 33.8 Å². The van der Waals surface area contributed by atoms with E-state index >= 15 is 0 Å². The van der Waals surface area contributed by atoms with Gasteiger partial charge in [-0.25, -0.2) is 14.8 Å². The first-order valence-corrected chi connectivity index (χ1v) is 12.2. The number of rotatable bonds is 4. The fraction of sp³-hybridized carbons (Fsp3) is 0.520. The van der Waals surface area contributed by atoms with Crippen molar-refractivity contribution in [2.24, 2.45) is 0 Å². The number of benzene rings is 1. The third-order valence-electron chi connectivity index (χ3n) is 7.43. The zero-order valence-corrected chi connectivity index (χ0v) is 21.2. The second kappa shape index (κ2) is 9.61. The largest absolute Gasteiger partial charge is 0.495 e. The average Bonchev–Trinajstić information content (AvgIpc) is 3.05. The first-order valence-electron chi connectivity index (χ1n) is 12.2. The molecule has 2 aliphatic rings. The first-order chi connectivity index (χ1) is 17.3. The van der Waals surface area contributed by atoms with Crippen LogP contribution in [0.5, 0.6) is 0 Å². The molecule has 2 aromatic rings. The van der Waals surface area contributed by atoms with Crippen molar-refractivity contribution in [1.82, 2.24) is 15.3 Å². The van der Waals surface area contributed by atoms with E-state index in [2.05, 4.69) is 20.6 Å². The SMILES string of the molecule is CC1(C)OB(c2ccc(NC(=O)NC3(c4ccnc(C#N)n4)CCCCC3)cc2C(F)(F)F)OC1(C)C. The quantitative estimate of drug-likeness (QED) is 0.574. The van der Waals surface area contributed by atoms with Gasteiger partial charge >= 0.3 is 19.3 Å². The van der Waals surface area contributed by atoms with E-state index in [1.807, 2.05) is 6.07 Å². The highest BCUT2D eigenvalue weighted by atomic mass is 19.4. The van der Waals surface area contributed by atoms with Crippen LogP contribution in [-0.2, 0) is 21.0 Å². The highest BCUT2D eigenvalue weighted by molar-refractivity contribution is 6.62. The molecule has 0 spiro atoms. The highest BCUT2D eigenvalue weighted by Crippen LogP contribution is 2.39. The summed E-state index contributed by atoms with van der Waals surface area (Å²) < 4.78 is 53.8. The van der Waals surface area contributed by atoms with Crippen molar-refractivity contribution in [2.45, 2.75) is 82.7 Å². The van der Waals surface area contributed by atoms with Gasteiger partial charge in [0.1, 0.15) is 6.07 Å². The molecule has 2 heterocycles. The Morgan fingerprint density at radius 3 is 2.32 bits per heavy atom. The molecule has 2 amide bonds. The minimum atomic E-state index is -4.70. The van der Waals surface area contributed by atoms with Crippen LogP contribution in [0, 0.1) is 11.3 Å². The number of nitrogens with one attached hydrogen (secondary N) is 2. The molecule has 1 aliphatic heterocycles. The third kappa shape index (κ3) is 5.43. The Balaban J connectivity index is 1.59. The molecular weight excluding hydrogens is 486 g/mol. The van der Waals surface area contributed by atoms with Gasteiger partial charge in [0.15, 0.2) is 0 Å². The summed E-state index contributed by atoms with van der Waals surface area (Å²) in [6.45, 7) is 7.05. The predicted octanol–water partition coefficient (Wildman–Crippen LogP) is 4.65. The highest BCUT2D eigenvalue weighted by Gasteiger charge is 2.53. The lowest BCUT2D eigenvalue weighted by atomic mass is 9.75. The van der Waals surface area contributed by atoms with Gasteiger partial charge in [-0.1, -0.05) is 25.3 Å². The summed E-state index contributed by atoms with van der Waals surface area (Å²) in [6.07, 6.45) is 0.554. The first kappa shape index (κ1) is 26.9. The summed E-state index contributed by atoms with van der Waals surface area (Å²) in [5.41, 5.74) is -3.11. The monoisotopic (exact) mass is 515 g/mol. The molecule has 1 saturated carbocycles. The van der Waals surface area contributed by atoms with Crippen LogP contribution in [0.15, 0.2) is 30.5 Å². The van der Waals surface area contributed by atoms with Crippen molar-refractivity contribution in [2.75, 3.05) is 5.32 Å². The van der Waals surface area contributed by atoms with Crippen LogP contribution in [-0.4, -0.2) is 34.3 Å². The number of alkyl halides is 3. The van der Waals surface area contributed by atoms with Crippen molar-refractivity contribution in [3.05, 3.63) is 47.5 Å². The summed E-state index contributed by atoms with van der Waals surface area (Å²) in [4.78, 5) is 21.2. The van der Waals surface area contributed by atoms with Crippen molar-refractivity contribution < 1.29 is 27.3 Å². The predicted molar refractivity (Wildman–Crippen MR) is 131 cm³/mol. The number of nitriles is 1. The lowest BCUT2D eigenvalue weighted by molar-refractivity contribution is -0.136. The van der Waals surface area contributed by atoms with Crippen LogP contribution in [0.1, 0.15) is 76.9 Å². The molecule has 8 nitrogen and oxygen atoms in total. The number of nitrogens with zero attached hydrogens (tertiary/aromatic N) is 3. The van der Waals surface area contributed by atoms with Crippen molar-refractivity contribution >= 4 is 24.3 Å². The summed E-state index contributed by atoms with van der Waals surface area (Å²) >= 11 is 0. The number of carbonyl (C=O) groups is 1. The van der Waals surface area contributed by atoms with Gasteiger partial charge in [-0.15, -0.1) is 0 Å². The molecule has 0 atom stereocenters. The molecule has 2 N–H and O–H groups in total. The molecule has 1 aliphatic carbocycles. The third-order valence-corrected chi connectivity index (χ3v) is 7.43. The average molecular weight is 515 g/mol. The zero-order chi connectivity index (χ0) is 27.1. The second-order valence-electron chi connectivity index (χ2n) is 10.5. The Bertz CT molecular complexity index is 1210. The van der Waals surface area contributed by atoms with Crippen LogP contribution in [0.2, 0.25) is 0 Å². The zero-order valence-electron chi connectivity index (χ0n) is 21.2. The number of halogens is 3. The smallest absolute Gasteiger partial charge is 0.399 e. The lowest BCUT2D eigenvalue weighted by Crippen LogP contribution is -2.49. The van der Waals surface area contributed by atoms with Crippen LogP contribution >= 0.6 is 0 Å².